The molecule has 114 valence electrons. The van der Waals surface area contributed by atoms with E-state index in [1.54, 1.807) is 20.1 Å². The van der Waals surface area contributed by atoms with Crippen molar-refractivity contribution in [2.45, 2.75) is 32.3 Å². The summed E-state index contributed by atoms with van der Waals surface area (Å²) in [4.78, 5) is 23.6. The van der Waals surface area contributed by atoms with E-state index in [0.29, 0.717) is 31.7 Å². The number of ketones is 1. The third-order valence-electron chi connectivity index (χ3n) is 3.53. The summed E-state index contributed by atoms with van der Waals surface area (Å²) in [6.45, 7) is 2.89. The Morgan fingerprint density at radius 1 is 1.38 bits per heavy atom. The monoisotopic (exact) mass is 291 g/mol. The van der Waals surface area contributed by atoms with Crippen LogP contribution in [0.3, 0.4) is 0 Å². The maximum Gasteiger partial charge on any atom is 0.260 e. The average Bonchev–Trinajstić information content (AvgIpc) is 2.86. The lowest BCUT2D eigenvalue weighted by Crippen LogP contribution is -2.37. The fourth-order valence-corrected chi connectivity index (χ4v) is 2.38. The standard InChI is InChI=1S/C16H21NO4/c1-11(16(19)17-9-4-10-20-2)21-15-6-3-5-12-13(15)7-8-14(12)18/h3,5-6,11H,4,7-10H2,1-2H3,(H,17,19). The fraction of sp³-hybridized carbons (Fsp3) is 0.500. The fourth-order valence-electron chi connectivity index (χ4n) is 2.38. The molecule has 0 radical (unpaired) electrons. The maximum atomic E-state index is 11.9. The van der Waals surface area contributed by atoms with Crippen molar-refractivity contribution in [1.29, 1.82) is 0 Å². The molecule has 0 saturated carbocycles. The van der Waals surface area contributed by atoms with Gasteiger partial charge in [0, 0.05) is 37.8 Å². The first-order chi connectivity index (χ1) is 10.1. The van der Waals surface area contributed by atoms with Crippen LogP contribution in [0.25, 0.3) is 0 Å². The third kappa shape index (κ3) is 3.82. The Morgan fingerprint density at radius 2 is 2.19 bits per heavy atom. The zero-order chi connectivity index (χ0) is 15.2. The molecular formula is C16H21NO4. The molecule has 1 atom stereocenters. The Labute approximate surface area is 124 Å². The van der Waals surface area contributed by atoms with Gasteiger partial charge in [-0.05, 0) is 25.8 Å². The van der Waals surface area contributed by atoms with Gasteiger partial charge in [-0.25, -0.2) is 0 Å². The molecule has 21 heavy (non-hydrogen) atoms. The molecule has 2 rings (SSSR count). The number of fused-ring (bicyclic) bond motifs is 1. The van der Waals surface area contributed by atoms with Crippen molar-refractivity contribution in [3.8, 4) is 5.75 Å². The van der Waals surface area contributed by atoms with Crippen LogP contribution in [0.2, 0.25) is 0 Å². The van der Waals surface area contributed by atoms with Gasteiger partial charge in [0.25, 0.3) is 5.91 Å². The number of carbonyl (C=O) groups excluding carboxylic acids is 2. The first-order valence-corrected chi connectivity index (χ1v) is 7.22. The van der Waals surface area contributed by atoms with E-state index in [1.807, 2.05) is 12.1 Å². The van der Waals surface area contributed by atoms with Gasteiger partial charge in [-0.2, -0.15) is 0 Å². The number of methoxy groups -OCH3 is 1. The molecule has 0 aliphatic heterocycles. The highest BCUT2D eigenvalue weighted by Gasteiger charge is 2.24. The van der Waals surface area contributed by atoms with E-state index in [2.05, 4.69) is 5.32 Å². The van der Waals surface area contributed by atoms with Crippen LogP contribution in [0, 0.1) is 0 Å². The van der Waals surface area contributed by atoms with Crippen molar-refractivity contribution < 1.29 is 19.1 Å². The van der Waals surface area contributed by atoms with Gasteiger partial charge in [0.1, 0.15) is 5.75 Å². The van der Waals surface area contributed by atoms with Crippen LogP contribution in [0.15, 0.2) is 18.2 Å². The molecule has 0 aromatic heterocycles. The molecule has 0 saturated heterocycles. The molecule has 0 fully saturated rings. The van der Waals surface area contributed by atoms with Gasteiger partial charge in [0.15, 0.2) is 11.9 Å². The van der Waals surface area contributed by atoms with E-state index < -0.39 is 6.10 Å². The zero-order valence-electron chi connectivity index (χ0n) is 12.5. The number of hydrogen-bond donors (Lipinski definition) is 1. The summed E-state index contributed by atoms with van der Waals surface area (Å²) in [6, 6.07) is 5.42. The summed E-state index contributed by atoms with van der Waals surface area (Å²) >= 11 is 0. The van der Waals surface area contributed by atoms with Crippen molar-refractivity contribution in [2.75, 3.05) is 20.3 Å². The Bertz CT molecular complexity index is 527. The molecular weight excluding hydrogens is 270 g/mol. The Kier molecular flexibility index (Phi) is 5.33. The molecule has 1 aromatic carbocycles. The van der Waals surface area contributed by atoms with Crippen LogP contribution < -0.4 is 10.1 Å². The second-order valence-corrected chi connectivity index (χ2v) is 5.10. The Balaban J connectivity index is 1.93. The number of rotatable bonds is 7. The van der Waals surface area contributed by atoms with Gasteiger partial charge in [0.2, 0.25) is 0 Å². The maximum absolute atomic E-state index is 11.9. The SMILES string of the molecule is COCCCNC(=O)C(C)Oc1cccc2c1CCC2=O. The number of carbonyl (C=O) groups is 2. The second-order valence-electron chi connectivity index (χ2n) is 5.10. The predicted octanol–water partition coefficient (Wildman–Crippen LogP) is 1.74. The highest BCUT2D eigenvalue weighted by molar-refractivity contribution is 6.01. The highest BCUT2D eigenvalue weighted by Crippen LogP contribution is 2.31. The quantitative estimate of drug-likeness (QED) is 0.777. The summed E-state index contributed by atoms with van der Waals surface area (Å²) in [5.74, 6) is 0.623. The van der Waals surface area contributed by atoms with Gasteiger partial charge in [0.05, 0.1) is 0 Å². The average molecular weight is 291 g/mol. The number of Topliss-reactive ketones (excluding diaryl/α,β-unsaturated/α-hetero) is 1. The molecule has 5 heteroatoms. The van der Waals surface area contributed by atoms with E-state index in [1.165, 1.54) is 0 Å². The molecule has 1 aliphatic carbocycles. The number of benzene rings is 1. The molecule has 0 bridgehead atoms. The molecule has 1 amide bonds. The van der Waals surface area contributed by atoms with Crippen molar-refractivity contribution in [3.05, 3.63) is 29.3 Å². The van der Waals surface area contributed by atoms with E-state index in [9.17, 15) is 9.59 Å². The zero-order valence-corrected chi connectivity index (χ0v) is 12.5. The molecule has 1 N–H and O–H groups in total. The van der Waals surface area contributed by atoms with Crippen LogP contribution in [0.5, 0.6) is 5.75 Å². The minimum atomic E-state index is -0.588. The molecule has 5 nitrogen and oxygen atoms in total. The van der Waals surface area contributed by atoms with Gasteiger partial charge >= 0.3 is 0 Å². The molecule has 0 heterocycles. The van der Waals surface area contributed by atoms with Crippen LogP contribution in [-0.2, 0) is 16.0 Å². The number of amides is 1. The van der Waals surface area contributed by atoms with Crippen molar-refractivity contribution in [1.82, 2.24) is 5.32 Å². The van der Waals surface area contributed by atoms with Crippen LogP contribution in [0.1, 0.15) is 35.7 Å². The van der Waals surface area contributed by atoms with E-state index in [0.717, 1.165) is 17.5 Å². The van der Waals surface area contributed by atoms with Crippen molar-refractivity contribution in [3.63, 3.8) is 0 Å². The lowest BCUT2D eigenvalue weighted by Gasteiger charge is -2.16. The number of ether oxygens (including phenoxy) is 2. The normalized spacial score (nSPS) is 14.7. The summed E-state index contributed by atoms with van der Waals surface area (Å²) < 4.78 is 10.7. The van der Waals surface area contributed by atoms with Crippen molar-refractivity contribution >= 4 is 11.7 Å². The molecule has 1 unspecified atom stereocenters. The molecule has 0 spiro atoms. The minimum absolute atomic E-state index is 0.145. The summed E-state index contributed by atoms with van der Waals surface area (Å²) in [7, 11) is 1.63. The van der Waals surface area contributed by atoms with Gasteiger partial charge in [-0.3, -0.25) is 9.59 Å². The molecule has 1 aromatic rings. The van der Waals surface area contributed by atoms with E-state index in [-0.39, 0.29) is 11.7 Å². The Hall–Kier alpha value is -1.88. The number of hydrogen-bond acceptors (Lipinski definition) is 4. The van der Waals surface area contributed by atoms with E-state index in [4.69, 9.17) is 9.47 Å². The number of nitrogens with one attached hydrogen (secondary N) is 1. The van der Waals surface area contributed by atoms with E-state index >= 15 is 0 Å². The van der Waals surface area contributed by atoms with Crippen LogP contribution >= 0.6 is 0 Å². The largest absolute Gasteiger partial charge is 0.481 e. The minimum Gasteiger partial charge on any atom is -0.481 e. The Morgan fingerprint density at radius 3 is 2.95 bits per heavy atom. The summed E-state index contributed by atoms with van der Waals surface area (Å²) in [5, 5.41) is 2.80. The first kappa shape index (κ1) is 15.5. The van der Waals surface area contributed by atoms with Crippen LogP contribution in [-0.4, -0.2) is 38.1 Å². The predicted molar refractivity (Wildman–Crippen MR) is 78.7 cm³/mol. The molecule has 1 aliphatic rings. The summed E-state index contributed by atoms with van der Waals surface area (Å²) in [5.41, 5.74) is 1.64. The topological polar surface area (TPSA) is 64.6 Å². The van der Waals surface area contributed by atoms with Crippen LogP contribution in [0.4, 0.5) is 0 Å². The highest BCUT2D eigenvalue weighted by atomic mass is 16.5. The van der Waals surface area contributed by atoms with Gasteiger partial charge < -0.3 is 14.8 Å². The summed E-state index contributed by atoms with van der Waals surface area (Å²) in [6.07, 6.45) is 1.39. The smallest absolute Gasteiger partial charge is 0.260 e. The van der Waals surface area contributed by atoms with Gasteiger partial charge in [-0.1, -0.05) is 12.1 Å². The second kappa shape index (κ2) is 7.22. The third-order valence-corrected chi connectivity index (χ3v) is 3.53. The lowest BCUT2D eigenvalue weighted by atomic mass is 10.1. The van der Waals surface area contributed by atoms with Gasteiger partial charge in [-0.15, -0.1) is 0 Å². The lowest BCUT2D eigenvalue weighted by molar-refractivity contribution is -0.127. The first-order valence-electron chi connectivity index (χ1n) is 7.22. The van der Waals surface area contributed by atoms with Crippen molar-refractivity contribution in [2.24, 2.45) is 0 Å².